The van der Waals surface area contributed by atoms with E-state index in [1.54, 1.807) is 0 Å². The summed E-state index contributed by atoms with van der Waals surface area (Å²) in [5, 5.41) is 6.91. The molecule has 1 aliphatic rings. The Bertz CT molecular complexity index is 743. The minimum Gasteiger partial charge on any atom is -0.250 e. The average Bonchev–Trinajstić information content (AvgIpc) is 2.98. The molecule has 0 radical (unpaired) electrons. The van der Waals surface area contributed by atoms with E-state index in [1.807, 2.05) is 24.3 Å². The van der Waals surface area contributed by atoms with Crippen molar-refractivity contribution >= 4 is 11.4 Å². The quantitative estimate of drug-likeness (QED) is 0.733. The molecule has 0 amide bonds. The Morgan fingerprint density at radius 2 is 1.57 bits per heavy atom. The first kappa shape index (κ1) is 15.4. The first-order chi connectivity index (χ1) is 11.0. The molecule has 116 valence electrons. The van der Waals surface area contributed by atoms with Gasteiger partial charge in [0.2, 0.25) is 0 Å². The summed E-state index contributed by atoms with van der Waals surface area (Å²) in [7, 11) is 0. The van der Waals surface area contributed by atoms with E-state index in [1.165, 1.54) is 5.56 Å². The second-order valence-electron chi connectivity index (χ2n) is 6.83. The van der Waals surface area contributed by atoms with Crippen molar-refractivity contribution in [1.29, 1.82) is 0 Å². The van der Waals surface area contributed by atoms with Gasteiger partial charge in [-0.1, -0.05) is 60.4 Å². The number of benzene rings is 2. The summed E-state index contributed by atoms with van der Waals surface area (Å²) in [5.74, 6) is 6.80. The van der Waals surface area contributed by atoms with Crippen molar-refractivity contribution in [3.8, 4) is 11.8 Å². The van der Waals surface area contributed by atoms with E-state index in [0.717, 1.165) is 17.8 Å². The highest BCUT2D eigenvalue weighted by molar-refractivity contribution is 6.03. The van der Waals surface area contributed by atoms with Gasteiger partial charge < -0.3 is 0 Å². The molecule has 0 aromatic heterocycles. The lowest BCUT2D eigenvalue weighted by Gasteiger charge is -2.19. The Labute approximate surface area is 138 Å². The summed E-state index contributed by atoms with van der Waals surface area (Å²) in [4.78, 5) is 0. The summed E-state index contributed by atoms with van der Waals surface area (Å²) >= 11 is 0. The van der Waals surface area contributed by atoms with E-state index in [9.17, 15) is 0 Å². The van der Waals surface area contributed by atoms with Gasteiger partial charge in [-0.3, -0.25) is 0 Å². The van der Waals surface area contributed by atoms with E-state index >= 15 is 0 Å². The normalized spacial score (nSPS) is 17.4. The molecular weight excluding hydrogens is 280 g/mol. The molecule has 3 rings (SSSR count). The Balaban J connectivity index is 1.95. The third kappa shape index (κ3) is 3.81. The van der Waals surface area contributed by atoms with Crippen molar-refractivity contribution in [2.75, 3.05) is 5.01 Å². The zero-order valence-corrected chi connectivity index (χ0v) is 14.0. The molecule has 2 aromatic rings. The standard InChI is InChI=1S/C21H22N2/c1-21(2,3)15-14-19-16-20(17-10-6-4-7-11-17)22-23(19)18-12-8-5-9-13-18/h4-13,19H,16H2,1-3H3/t19-/m0/s1. The monoisotopic (exact) mass is 302 g/mol. The maximum atomic E-state index is 4.86. The highest BCUT2D eigenvalue weighted by atomic mass is 15.5. The lowest BCUT2D eigenvalue weighted by Crippen LogP contribution is -2.25. The minimum absolute atomic E-state index is 0.00212. The predicted octanol–water partition coefficient (Wildman–Crippen LogP) is 4.72. The van der Waals surface area contributed by atoms with Crippen molar-refractivity contribution < 1.29 is 0 Å². The SMILES string of the molecule is CC(C)(C)C#C[C@H]1CC(c2ccccc2)=NN1c1ccccc1. The smallest absolute Gasteiger partial charge is 0.119 e. The van der Waals surface area contributed by atoms with Crippen LogP contribution in [0.2, 0.25) is 0 Å². The second kappa shape index (κ2) is 6.30. The van der Waals surface area contributed by atoms with Crippen LogP contribution < -0.4 is 5.01 Å². The van der Waals surface area contributed by atoms with E-state index in [4.69, 9.17) is 5.10 Å². The van der Waals surface area contributed by atoms with Crippen LogP contribution in [0.25, 0.3) is 0 Å². The molecule has 0 bridgehead atoms. The molecule has 2 aromatic carbocycles. The van der Waals surface area contributed by atoms with Gasteiger partial charge in [0.25, 0.3) is 0 Å². The Morgan fingerprint density at radius 3 is 2.17 bits per heavy atom. The van der Waals surface area contributed by atoms with Crippen LogP contribution in [0, 0.1) is 17.3 Å². The lowest BCUT2D eigenvalue weighted by atomic mass is 9.96. The number of nitrogens with zero attached hydrogens (tertiary/aromatic N) is 2. The molecule has 2 nitrogen and oxygen atoms in total. The van der Waals surface area contributed by atoms with Gasteiger partial charge in [0.1, 0.15) is 6.04 Å². The largest absolute Gasteiger partial charge is 0.250 e. The van der Waals surface area contributed by atoms with Crippen LogP contribution in [0.1, 0.15) is 32.8 Å². The summed E-state index contributed by atoms with van der Waals surface area (Å²) in [6, 6.07) is 20.7. The first-order valence-electron chi connectivity index (χ1n) is 8.03. The number of hydrogen-bond acceptors (Lipinski definition) is 2. The van der Waals surface area contributed by atoms with Crippen molar-refractivity contribution in [3.05, 3.63) is 66.2 Å². The molecule has 0 unspecified atom stereocenters. The first-order valence-corrected chi connectivity index (χ1v) is 8.03. The number of hydrogen-bond donors (Lipinski definition) is 0. The van der Waals surface area contributed by atoms with E-state index in [-0.39, 0.29) is 11.5 Å². The average molecular weight is 302 g/mol. The number of anilines is 1. The summed E-state index contributed by atoms with van der Waals surface area (Å²) in [6.45, 7) is 6.42. The molecule has 23 heavy (non-hydrogen) atoms. The van der Waals surface area contributed by atoms with Gasteiger partial charge in [0, 0.05) is 11.8 Å². The fraction of sp³-hybridized carbons (Fsp3) is 0.286. The van der Waals surface area contributed by atoms with Crippen LogP contribution in [-0.4, -0.2) is 11.8 Å². The Hall–Kier alpha value is -2.53. The summed E-state index contributed by atoms with van der Waals surface area (Å²) in [5.41, 5.74) is 3.36. The maximum Gasteiger partial charge on any atom is 0.119 e. The van der Waals surface area contributed by atoms with Crippen molar-refractivity contribution in [1.82, 2.24) is 0 Å². The van der Waals surface area contributed by atoms with Gasteiger partial charge >= 0.3 is 0 Å². The van der Waals surface area contributed by atoms with Gasteiger partial charge in [-0.15, -0.1) is 0 Å². The molecule has 0 fully saturated rings. The molecule has 0 saturated heterocycles. The molecule has 0 saturated carbocycles. The van der Waals surface area contributed by atoms with Crippen molar-refractivity contribution in [2.24, 2.45) is 10.5 Å². The molecule has 1 heterocycles. The zero-order chi connectivity index (χ0) is 16.3. The van der Waals surface area contributed by atoms with Crippen LogP contribution in [0.15, 0.2) is 65.8 Å². The van der Waals surface area contributed by atoms with Crippen molar-refractivity contribution in [2.45, 2.75) is 33.2 Å². The third-order valence-corrected chi connectivity index (χ3v) is 3.65. The fourth-order valence-electron chi connectivity index (χ4n) is 2.55. The number of para-hydroxylation sites is 1. The van der Waals surface area contributed by atoms with Crippen LogP contribution >= 0.6 is 0 Å². The van der Waals surface area contributed by atoms with Gasteiger partial charge in [0.15, 0.2) is 0 Å². The molecule has 0 spiro atoms. The number of hydrazone groups is 1. The van der Waals surface area contributed by atoms with Crippen LogP contribution in [0.3, 0.4) is 0 Å². The lowest BCUT2D eigenvalue weighted by molar-refractivity contribution is 0.569. The summed E-state index contributed by atoms with van der Waals surface area (Å²) in [6.07, 6.45) is 0.849. The molecule has 1 aliphatic heterocycles. The zero-order valence-electron chi connectivity index (χ0n) is 14.0. The van der Waals surface area contributed by atoms with Crippen LogP contribution in [-0.2, 0) is 0 Å². The van der Waals surface area contributed by atoms with E-state index in [0.29, 0.717) is 0 Å². The van der Waals surface area contributed by atoms with Crippen molar-refractivity contribution in [3.63, 3.8) is 0 Å². The van der Waals surface area contributed by atoms with E-state index in [2.05, 4.69) is 74.0 Å². The summed E-state index contributed by atoms with van der Waals surface area (Å²) < 4.78 is 0. The maximum absolute atomic E-state index is 4.86. The second-order valence-corrected chi connectivity index (χ2v) is 6.83. The van der Waals surface area contributed by atoms with E-state index < -0.39 is 0 Å². The highest BCUT2D eigenvalue weighted by Crippen LogP contribution is 2.26. The number of rotatable bonds is 2. The minimum atomic E-state index is -0.00212. The molecule has 0 N–H and O–H groups in total. The topological polar surface area (TPSA) is 15.6 Å². The molecular formula is C21H22N2. The van der Waals surface area contributed by atoms with Crippen LogP contribution in [0.5, 0.6) is 0 Å². The van der Waals surface area contributed by atoms with Gasteiger partial charge in [0.05, 0.1) is 11.4 Å². The molecule has 0 aliphatic carbocycles. The molecule has 2 heteroatoms. The Morgan fingerprint density at radius 1 is 0.957 bits per heavy atom. The fourth-order valence-corrected chi connectivity index (χ4v) is 2.55. The van der Waals surface area contributed by atoms with Crippen LogP contribution in [0.4, 0.5) is 5.69 Å². The van der Waals surface area contributed by atoms with Gasteiger partial charge in [-0.05, 0) is 38.5 Å². The van der Waals surface area contributed by atoms with Gasteiger partial charge in [-0.2, -0.15) is 5.10 Å². The highest BCUT2D eigenvalue weighted by Gasteiger charge is 2.27. The van der Waals surface area contributed by atoms with Gasteiger partial charge in [-0.25, -0.2) is 5.01 Å². The predicted molar refractivity (Wildman–Crippen MR) is 97.5 cm³/mol. The Kier molecular flexibility index (Phi) is 4.21. The third-order valence-electron chi connectivity index (χ3n) is 3.65. The molecule has 1 atom stereocenters.